The Kier molecular flexibility index (Phi) is 2.66. The van der Waals surface area contributed by atoms with Gasteiger partial charge in [0.2, 0.25) is 11.8 Å². The summed E-state index contributed by atoms with van der Waals surface area (Å²) in [5.41, 5.74) is 4.53. The Labute approximate surface area is 112 Å². The van der Waals surface area contributed by atoms with Crippen molar-refractivity contribution in [2.24, 2.45) is 23.5 Å². The molecule has 1 aromatic carbocycles. The molecule has 1 aliphatic heterocycles. The fraction of sp³-hybridized carbons (Fsp3) is 0.385. The first-order chi connectivity index (χ1) is 9.36. The number of imide groups is 1. The van der Waals surface area contributed by atoms with Crippen LogP contribution in [0, 0.1) is 17.8 Å². The van der Waals surface area contributed by atoms with Gasteiger partial charge in [0.05, 0.1) is 23.1 Å². The second kappa shape index (κ2) is 4.05. The Morgan fingerprint density at radius 3 is 2.25 bits per heavy atom. The summed E-state index contributed by atoms with van der Waals surface area (Å²) in [6, 6.07) is 4.23. The Hall–Kier alpha value is -1.89. The fourth-order valence-corrected chi connectivity index (χ4v) is 2.82. The summed E-state index contributed by atoms with van der Waals surface area (Å²) < 4.78 is 37.9. The van der Waals surface area contributed by atoms with Crippen LogP contribution in [0.2, 0.25) is 0 Å². The van der Waals surface area contributed by atoms with Crippen molar-refractivity contribution in [3.63, 3.8) is 0 Å². The number of rotatable bonds is 2. The van der Waals surface area contributed by atoms with Crippen LogP contribution < -0.4 is 10.6 Å². The predicted octanol–water partition coefficient (Wildman–Crippen LogP) is 1.40. The molecule has 0 aromatic heterocycles. The van der Waals surface area contributed by atoms with Crippen LogP contribution in [0.25, 0.3) is 0 Å². The third-order valence-electron chi connectivity index (χ3n) is 3.88. The van der Waals surface area contributed by atoms with Crippen LogP contribution in [0.15, 0.2) is 24.3 Å². The highest BCUT2D eigenvalue weighted by Crippen LogP contribution is 2.53. The van der Waals surface area contributed by atoms with E-state index in [9.17, 15) is 22.8 Å². The molecule has 4 nitrogen and oxygen atoms in total. The molecule has 1 saturated heterocycles. The maximum Gasteiger partial charge on any atom is 0.416 e. The number of nitrogens with zero attached hydrogens (tertiary/aromatic N) is 1. The number of alkyl halides is 3. The molecule has 1 heterocycles. The number of benzene rings is 1. The first-order valence-electron chi connectivity index (χ1n) is 6.11. The van der Waals surface area contributed by atoms with E-state index in [-0.39, 0.29) is 18.2 Å². The lowest BCUT2D eigenvalue weighted by molar-refractivity contribution is -0.137. The molecule has 0 spiro atoms. The summed E-state index contributed by atoms with van der Waals surface area (Å²) >= 11 is 0. The minimum atomic E-state index is -4.51. The second-order valence-electron chi connectivity index (χ2n) is 5.01. The zero-order valence-corrected chi connectivity index (χ0v) is 10.2. The summed E-state index contributed by atoms with van der Waals surface area (Å²) in [4.78, 5) is 25.0. The highest BCUT2D eigenvalue weighted by Gasteiger charge is 2.66. The Balaban J connectivity index is 1.92. The normalized spacial score (nSPS) is 28.8. The number of piperidine rings is 1. The Bertz CT molecular complexity index is 578. The van der Waals surface area contributed by atoms with E-state index in [0.29, 0.717) is 0 Å². The molecule has 2 unspecified atom stereocenters. The average molecular weight is 284 g/mol. The molecule has 2 amide bonds. The molecule has 1 aliphatic carbocycles. The SMILES string of the molecule is NCC1C2C(=O)N(c3cccc(C(F)(F)F)c3)C(=O)C12. The van der Waals surface area contributed by atoms with Crippen LogP contribution in [0.5, 0.6) is 0 Å². The number of nitrogens with two attached hydrogens (primary N) is 1. The molecular weight excluding hydrogens is 273 g/mol. The van der Waals surface area contributed by atoms with Crippen LogP contribution in [-0.4, -0.2) is 18.4 Å². The highest BCUT2D eigenvalue weighted by atomic mass is 19.4. The smallest absolute Gasteiger partial charge is 0.330 e. The van der Waals surface area contributed by atoms with Crippen LogP contribution in [-0.2, 0) is 15.8 Å². The fourth-order valence-electron chi connectivity index (χ4n) is 2.82. The van der Waals surface area contributed by atoms with Crippen LogP contribution >= 0.6 is 0 Å². The van der Waals surface area contributed by atoms with Crippen LogP contribution in [0.4, 0.5) is 18.9 Å². The molecule has 1 aromatic rings. The summed E-state index contributed by atoms with van der Waals surface area (Å²) in [6.07, 6.45) is -4.51. The maximum atomic E-state index is 12.6. The van der Waals surface area contributed by atoms with Crippen molar-refractivity contribution in [2.75, 3.05) is 11.4 Å². The summed E-state index contributed by atoms with van der Waals surface area (Å²) in [5.74, 6) is -1.97. The van der Waals surface area contributed by atoms with Crippen molar-refractivity contribution in [1.29, 1.82) is 0 Å². The maximum absolute atomic E-state index is 12.6. The molecule has 2 aliphatic rings. The number of halogens is 3. The Morgan fingerprint density at radius 1 is 1.15 bits per heavy atom. The van der Waals surface area contributed by atoms with E-state index < -0.39 is 35.4 Å². The number of anilines is 1. The topological polar surface area (TPSA) is 63.4 Å². The van der Waals surface area contributed by atoms with Crippen molar-refractivity contribution in [3.05, 3.63) is 29.8 Å². The van der Waals surface area contributed by atoms with E-state index >= 15 is 0 Å². The van der Waals surface area contributed by atoms with E-state index in [4.69, 9.17) is 5.73 Å². The summed E-state index contributed by atoms with van der Waals surface area (Å²) in [5, 5.41) is 0. The van der Waals surface area contributed by atoms with Crippen molar-refractivity contribution in [3.8, 4) is 0 Å². The minimum Gasteiger partial charge on any atom is -0.330 e. The van der Waals surface area contributed by atoms with Gasteiger partial charge in [-0.25, -0.2) is 0 Å². The monoisotopic (exact) mass is 284 g/mol. The van der Waals surface area contributed by atoms with Gasteiger partial charge >= 0.3 is 6.18 Å². The molecule has 1 saturated carbocycles. The van der Waals surface area contributed by atoms with Gasteiger partial charge in [0, 0.05) is 0 Å². The number of carbonyl (C=O) groups is 2. The standard InChI is InChI=1S/C13H11F3N2O2/c14-13(15,16)6-2-1-3-7(4-6)18-11(19)9-8(5-17)10(9)12(18)20/h1-4,8-10H,5,17H2. The largest absolute Gasteiger partial charge is 0.416 e. The van der Waals surface area contributed by atoms with Gasteiger partial charge in [-0.05, 0) is 30.7 Å². The molecule has 20 heavy (non-hydrogen) atoms. The second-order valence-corrected chi connectivity index (χ2v) is 5.01. The van der Waals surface area contributed by atoms with Gasteiger partial charge in [0.25, 0.3) is 0 Å². The number of hydrogen-bond donors (Lipinski definition) is 1. The van der Waals surface area contributed by atoms with Crippen molar-refractivity contribution in [1.82, 2.24) is 0 Å². The molecule has 0 bridgehead atoms. The Morgan fingerprint density at radius 2 is 1.75 bits per heavy atom. The van der Waals surface area contributed by atoms with E-state index in [1.165, 1.54) is 12.1 Å². The van der Waals surface area contributed by atoms with Gasteiger partial charge in [-0.15, -0.1) is 0 Å². The zero-order chi connectivity index (χ0) is 14.7. The van der Waals surface area contributed by atoms with Gasteiger partial charge in [-0.2, -0.15) is 13.2 Å². The molecule has 2 atom stereocenters. The molecule has 7 heteroatoms. The summed E-state index contributed by atoms with van der Waals surface area (Å²) in [7, 11) is 0. The lowest BCUT2D eigenvalue weighted by Gasteiger charge is -2.19. The quantitative estimate of drug-likeness (QED) is 0.835. The zero-order valence-electron chi connectivity index (χ0n) is 10.2. The van der Waals surface area contributed by atoms with Crippen LogP contribution in [0.3, 0.4) is 0 Å². The third-order valence-corrected chi connectivity index (χ3v) is 3.88. The highest BCUT2D eigenvalue weighted by molar-refractivity contribution is 6.25. The third kappa shape index (κ3) is 1.73. The van der Waals surface area contributed by atoms with Gasteiger partial charge in [-0.3, -0.25) is 14.5 Å². The van der Waals surface area contributed by atoms with E-state index in [2.05, 4.69) is 0 Å². The van der Waals surface area contributed by atoms with E-state index in [1.54, 1.807) is 0 Å². The van der Waals surface area contributed by atoms with E-state index in [1.807, 2.05) is 0 Å². The molecular formula is C13H11F3N2O2. The molecule has 2 N–H and O–H groups in total. The summed E-state index contributed by atoms with van der Waals surface area (Å²) in [6.45, 7) is 0.239. The van der Waals surface area contributed by atoms with Gasteiger partial charge < -0.3 is 5.73 Å². The first kappa shape index (κ1) is 13.1. The van der Waals surface area contributed by atoms with Crippen molar-refractivity contribution < 1.29 is 22.8 Å². The van der Waals surface area contributed by atoms with Gasteiger partial charge in [-0.1, -0.05) is 6.07 Å². The number of amides is 2. The molecule has 2 fully saturated rings. The molecule has 106 valence electrons. The number of fused-ring (bicyclic) bond motifs is 1. The molecule has 3 rings (SSSR count). The number of carbonyl (C=O) groups excluding carboxylic acids is 2. The average Bonchev–Trinajstić information content (AvgIpc) is 3.06. The number of hydrogen-bond acceptors (Lipinski definition) is 3. The lowest BCUT2D eigenvalue weighted by Crippen LogP contribution is -2.35. The van der Waals surface area contributed by atoms with E-state index in [0.717, 1.165) is 17.0 Å². The molecule has 0 radical (unpaired) electrons. The predicted molar refractivity (Wildman–Crippen MR) is 63.5 cm³/mol. The van der Waals surface area contributed by atoms with Gasteiger partial charge in [0.1, 0.15) is 0 Å². The lowest BCUT2D eigenvalue weighted by atomic mass is 10.1. The minimum absolute atomic E-state index is 0.0298. The van der Waals surface area contributed by atoms with Crippen molar-refractivity contribution >= 4 is 17.5 Å². The first-order valence-corrected chi connectivity index (χ1v) is 6.11. The van der Waals surface area contributed by atoms with Crippen LogP contribution in [0.1, 0.15) is 5.56 Å². The van der Waals surface area contributed by atoms with Crippen molar-refractivity contribution in [2.45, 2.75) is 6.18 Å². The van der Waals surface area contributed by atoms with Gasteiger partial charge in [0.15, 0.2) is 0 Å².